The number of nitrogens with zero attached hydrogens (tertiary/aromatic N) is 5. The molecule has 0 unspecified atom stereocenters. The molecule has 1 aliphatic carbocycles. The maximum atomic E-state index is 14.0. The summed E-state index contributed by atoms with van der Waals surface area (Å²) in [7, 11) is 0. The lowest BCUT2D eigenvalue weighted by Gasteiger charge is -2.29. The van der Waals surface area contributed by atoms with E-state index in [0.29, 0.717) is 80.1 Å². The number of hydrogen-bond acceptors (Lipinski definition) is 8. The van der Waals surface area contributed by atoms with Gasteiger partial charge in [-0.3, -0.25) is 4.57 Å². The minimum Gasteiger partial charge on any atom is -0.516 e. The maximum Gasteiger partial charge on any atom is 0.296 e. The summed E-state index contributed by atoms with van der Waals surface area (Å²) in [6, 6.07) is 9.09. The predicted molar refractivity (Wildman–Crippen MR) is 140 cm³/mol. The Bertz CT molecular complexity index is 1250. The second kappa shape index (κ2) is 12.0. The smallest absolute Gasteiger partial charge is 0.296 e. The van der Waals surface area contributed by atoms with Gasteiger partial charge in [0.15, 0.2) is 5.82 Å². The summed E-state index contributed by atoms with van der Waals surface area (Å²) in [5, 5.41) is 12.6. The van der Waals surface area contributed by atoms with Crippen LogP contribution in [0.25, 0.3) is 16.9 Å². The van der Waals surface area contributed by atoms with Crippen LogP contribution >= 0.6 is 0 Å². The average Bonchev–Trinajstić information content (AvgIpc) is 3.36. The lowest BCUT2D eigenvalue weighted by atomic mass is 9.86. The molecule has 1 aromatic carbocycles. The van der Waals surface area contributed by atoms with Crippen LogP contribution in [-0.2, 0) is 4.74 Å². The van der Waals surface area contributed by atoms with Gasteiger partial charge in [-0.15, -0.1) is 0 Å². The number of morpholine rings is 1. The number of benzene rings is 1. The van der Waals surface area contributed by atoms with Crippen molar-refractivity contribution in [3.05, 3.63) is 48.0 Å². The highest BCUT2D eigenvalue weighted by atomic mass is 19.3. The first-order valence-electron chi connectivity index (χ1n) is 13.2. The second-order valence-corrected chi connectivity index (χ2v) is 9.94. The summed E-state index contributed by atoms with van der Waals surface area (Å²) in [5.74, 6) is 1.11. The molecule has 38 heavy (non-hydrogen) atoms. The highest BCUT2D eigenvalue weighted by Gasteiger charge is 2.25. The Kier molecular flexibility index (Phi) is 8.33. The average molecular weight is 529 g/mol. The fourth-order valence-corrected chi connectivity index (χ4v) is 5.01. The highest BCUT2D eigenvalue weighted by Crippen LogP contribution is 2.30. The largest absolute Gasteiger partial charge is 0.516 e. The molecular weight excluding hydrogens is 494 g/mol. The summed E-state index contributed by atoms with van der Waals surface area (Å²) in [6.45, 7) is 5.38. The van der Waals surface area contributed by atoms with Crippen LogP contribution in [0.3, 0.4) is 0 Å². The van der Waals surface area contributed by atoms with E-state index in [4.69, 9.17) is 14.6 Å². The van der Waals surface area contributed by atoms with Gasteiger partial charge in [-0.1, -0.05) is 12.1 Å². The molecule has 1 aliphatic heterocycles. The number of nitrogens with one attached hydrogen (secondary N) is 1. The standard InChI is InChI=1S/C27H34F2N6O3/c1-18(16-36)15-30-20-8-6-19(7-9-20)17-38-24-14-23(32-27(33-24)34-10-12-37-13-11-34)35-22-5-3-2-4-21(22)31-26(35)25(28)29/h2-5,14,16,19-20,25,30,36H,6-13,15,17H2,1H3/b18-16+/t19-,20-. The molecule has 2 N–H and O–H groups in total. The van der Waals surface area contributed by atoms with E-state index in [0.717, 1.165) is 37.5 Å². The number of imidazole rings is 1. The van der Waals surface area contributed by atoms with Gasteiger partial charge in [-0.05, 0) is 56.2 Å². The molecule has 2 aromatic heterocycles. The Morgan fingerprint density at radius 3 is 2.66 bits per heavy atom. The molecule has 0 bridgehead atoms. The Morgan fingerprint density at radius 2 is 1.92 bits per heavy atom. The third kappa shape index (κ3) is 6.05. The van der Waals surface area contributed by atoms with E-state index >= 15 is 0 Å². The van der Waals surface area contributed by atoms with Crippen LogP contribution in [0.1, 0.15) is 44.9 Å². The van der Waals surface area contributed by atoms with E-state index in [2.05, 4.69) is 20.3 Å². The van der Waals surface area contributed by atoms with Gasteiger partial charge < -0.3 is 24.8 Å². The third-order valence-corrected chi connectivity index (χ3v) is 7.19. The van der Waals surface area contributed by atoms with Crippen molar-refractivity contribution < 1.29 is 23.4 Å². The fourth-order valence-electron chi connectivity index (χ4n) is 5.01. The highest BCUT2D eigenvalue weighted by molar-refractivity contribution is 5.78. The Hall–Kier alpha value is -3.31. The van der Waals surface area contributed by atoms with Crippen LogP contribution in [0.5, 0.6) is 5.88 Å². The molecule has 2 aliphatic rings. The monoisotopic (exact) mass is 528 g/mol. The summed E-state index contributed by atoms with van der Waals surface area (Å²) >= 11 is 0. The van der Waals surface area contributed by atoms with Gasteiger partial charge in [0.2, 0.25) is 11.8 Å². The van der Waals surface area contributed by atoms with Crippen molar-refractivity contribution >= 4 is 17.0 Å². The predicted octanol–water partition coefficient (Wildman–Crippen LogP) is 4.58. The molecular formula is C27H34F2N6O3. The van der Waals surface area contributed by atoms with Crippen LogP contribution in [-0.4, -0.2) is 70.1 Å². The second-order valence-electron chi connectivity index (χ2n) is 9.94. The van der Waals surface area contributed by atoms with Gasteiger partial charge in [-0.2, -0.15) is 9.97 Å². The summed E-state index contributed by atoms with van der Waals surface area (Å²) < 4.78 is 41.1. The van der Waals surface area contributed by atoms with Crippen molar-refractivity contribution in [2.24, 2.45) is 5.92 Å². The minimum absolute atomic E-state index is 0.306. The first-order chi connectivity index (χ1) is 18.5. The van der Waals surface area contributed by atoms with Crippen molar-refractivity contribution in [1.82, 2.24) is 24.8 Å². The van der Waals surface area contributed by atoms with Gasteiger partial charge in [0.05, 0.1) is 37.1 Å². The summed E-state index contributed by atoms with van der Waals surface area (Å²) in [6.07, 6.45) is 2.45. The number of alkyl halides is 2. The number of aromatic nitrogens is 4. The Labute approximate surface area is 220 Å². The van der Waals surface area contributed by atoms with Crippen molar-refractivity contribution in [3.63, 3.8) is 0 Å². The van der Waals surface area contributed by atoms with Crippen molar-refractivity contribution in [2.45, 2.75) is 45.1 Å². The number of halogens is 2. The van der Waals surface area contributed by atoms with Gasteiger partial charge >= 0.3 is 0 Å². The van der Waals surface area contributed by atoms with E-state index in [9.17, 15) is 8.78 Å². The molecule has 204 valence electrons. The number of para-hydroxylation sites is 2. The number of aliphatic hydroxyl groups excluding tert-OH is 1. The summed E-state index contributed by atoms with van der Waals surface area (Å²) in [5.41, 5.74) is 1.94. The molecule has 5 rings (SSSR count). The molecule has 0 amide bonds. The number of hydrogen-bond donors (Lipinski definition) is 2. The van der Waals surface area contributed by atoms with Gasteiger partial charge in [0.1, 0.15) is 5.82 Å². The molecule has 0 atom stereocenters. The normalized spacial score (nSPS) is 20.8. The Balaban J connectivity index is 1.36. The molecule has 1 saturated heterocycles. The minimum atomic E-state index is -2.77. The van der Waals surface area contributed by atoms with Crippen LogP contribution < -0.4 is 15.0 Å². The number of fused-ring (bicyclic) bond motifs is 1. The molecule has 3 heterocycles. The number of rotatable bonds is 9. The zero-order chi connectivity index (χ0) is 26.5. The first-order valence-corrected chi connectivity index (χ1v) is 13.2. The number of anilines is 1. The topological polar surface area (TPSA) is 97.6 Å². The van der Waals surface area contributed by atoms with E-state index in [1.165, 1.54) is 4.57 Å². The molecule has 1 saturated carbocycles. The van der Waals surface area contributed by atoms with Crippen molar-refractivity contribution in [1.29, 1.82) is 0 Å². The van der Waals surface area contributed by atoms with Crippen molar-refractivity contribution in [3.8, 4) is 11.7 Å². The molecule has 9 nitrogen and oxygen atoms in total. The zero-order valence-electron chi connectivity index (χ0n) is 21.5. The lowest BCUT2D eigenvalue weighted by molar-refractivity contribution is 0.122. The van der Waals surface area contributed by atoms with Gasteiger partial charge in [-0.25, -0.2) is 13.8 Å². The van der Waals surface area contributed by atoms with E-state index < -0.39 is 6.43 Å². The van der Waals surface area contributed by atoms with E-state index in [-0.39, 0.29) is 5.82 Å². The third-order valence-electron chi connectivity index (χ3n) is 7.19. The van der Waals surface area contributed by atoms with Gasteiger partial charge in [0, 0.05) is 31.7 Å². The molecule has 0 radical (unpaired) electrons. The lowest BCUT2D eigenvalue weighted by Crippen LogP contribution is -2.37. The maximum absolute atomic E-state index is 14.0. The summed E-state index contributed by atoms with van der Waals surface area (Å²) in [4.78, 5) is 15.5. The number of aliphatic hydroxyl groups is 1. The molecule has 0 spiro atoms. The van der Waals surface area contributed by atoms with Crippen LogP contribution in [0.4, 0.5) is 14.7 Å². The molecule has 3 aromatic rings. The zero-order valence-corrected chi connectivity index (χ0v) is 21.5. The fraction of sp³-hybridized carbons (Fsp3) is 0.519. The number of ether oxygens (including phenoxy) is 2. The van der Waals surface area contributed by atoms with Gasteiger partial charge in [0.25, 0.3) is 6.43 Å². The van der Waals surface area contributed by atoms with Crippen LogP contribution in [0.2, 0.25) is 0 Å². The molecule has 2 fully saturated rings. The first kappa shape index (κ1) is 26.3. The quantitative estimate of drug-likeness (QED) is 0.390. The van der Waals surface area contributed by atoms with Crippen LogP contribution in [0, 0.1) is 5.92 Å². The van der Waals surface area contributed by atoms with E-state index in [1.807, 2.05) is 11.8 Å². The van der Waals surface area contributed by atoms with E-state index in [1.54, 1.807) is 30.3 Å². The Morgan fingerprint density at radius 1 is 1.16 bits per heavy atom. The molecule has 11 heteroatoms. The SMILES string of the molecule is C/C(=C\O)CN[C@H]1CC[C@H](COc2cc(-n3c(C(F)F)nc4ccccc43)nc(N3CCOCC3)n2)CC1. The van der Waals surface area contributed by atoms with Crippen LogP contribution in [0.15, 0.2) is 42.2 Å². The van der Waals surface area contributed by atoms with Crippen molar-refractivity contribution in [2.75, 3.05) is 44.4 Å².